The molecule has 0 aromatic carbocycles. The molecule has 27 heavy (non-hydrogen) atoms. The molecule has 1 aromatic rings. The molecule has 3 saturated heterocycles. The molecule has 1 N–H and O–H groups in total. The van der Waals surface area contributed by atoms with E-state index >= 15 is 0 Å². The van der Waals surface area contributed by atoms with E-state index in [9.17, 15) is 4.79 Å². The number of allylic oxidation sites excluding steroid dienone is 1. The van der Waals surface area contributed by atoms with Crippen molar-refractivity contribution < 1.29 is 4.79 Å². The van der Waals surface area contributed by atoms with Gasteiger partial charge in [-0.2, -0.15) is 0 Å². The average Bonchev–Trinajstić information content (AvgIpc) is 2.69. The lowest BCUT2D eigenvalue weighted by Crippen LogP contribution is -2.47. The topological polar surface area (TPSA) is 48.5 Å². The van der Waals surface area contributed by atoms with Crippen LogP contribution in [-0.2, 0) is 4.79 Å². The molecule has 5 heteroatoms. The van der Waals surface area contributed by atoms with Gasteiger partial charge in [-0.1, -0.05) is 13.0 Å². The van der Waals surface area contributed by atoms with E-state index in [-0.39, 0.29) is 11.8 Å². The molecule has 0 bridgehead atoms. The van der Waals surface area contributed by atoms with Crippen LogP contribution in [0.25, 0.3) is 0 Å². The zero-order chi connectivity index (χ0) is 18.8. The minimum absolute atomic E-state index is 0.0354. The predicted molar refractivity (Wildman–Crippen MR) is 109 cm³/mol. The third-order valence-electron chi connectivity index (χ3n) is 6.50. The zero-order valence-corrected chi connectivity index (χ0v) is 16.5. The quantitative estimate of drug-likeness (QED) is 0.889. The van der Waals surface area contributed by atoms with Crippen LogP contribution in [0.5, 0.6) is 0 Å². The molecule has 1 atom stereocenters. The van der Waals surface area contributed by atoms with Gasteiger partial charge < -0.3 is 15.1 Å². The molecule has 5 nitrogen and oxygen atoms in total. The van der Waals surface area contributed by atoms with E-state index < -0.39 is 0 Å². The summed E-state index contributed by atoms with van der Waals surface area (Å²) in [6.07, 6.45) is 8.27. The molecular formula is C22H32N4O. The van der Waals surface area contributed by atoms with Crippen LogP contribution in [0.1, 0.15) is 62.3 Å². The molecule has 4 heterocycles. The first kappa shape index (κ1) is 18.5. The third kappa shape index (κ3) is 4.03. The summed E-state index contributed by atoms with van der Waals surface area (Å²) in [7, 11) is 0. The third-order valence-corrected chi connectivity index (χ3v) is 6.50. The summed E-state index contributed by atoms with van der Waals surface area (Å²) in [6, 6.07) is 4.99. The number of aryl methyl sites for hydroxylation is 1. The molecule has 0 spiro atoms. The Labute approximate surface area is 162 Å². The van der Waals surface area contributed by atoms with E-state index in [2.05, 4.69) is 40.8 Å². The van der Waals surface area contributed by atoms with E-state index in [0.29, 0.717) is 0 Å². The first-order valence-corrected chi connectivity index (χ1v) is 10.6. The molecular weight excluding hydrogens is 336 g/mol. The Bertz CT molecular complexity index is 702. The SMILES string of the molecule is C=C1CCC(c2ccc(N3CCC(N4CCCCC4)CC3)c(C)n2)C(=O)N1. The molecule has 0 saturated carbocycles. The standard InChI is InChI=1S/C22H32N4O/c1-16-6-7-19(22(27)23-16)20-8-9-21(17(2)24-20)26-14-10-18(11-15-26)25-12-4-3-5-13-25/h8-9,18-19H,1,3-7,10-15H2,2H3,(H,23,27). The van der Waals surface area contributed by atoms with E-state index in [1.807, 2.05) is 0 Å². The normalized spacial score (nSPS) is 25.5. The maximum atomic E-state index is 12.3. The monoisotopic (exact) mass is 368 g/mol. The molecule has 4 rings (SSSR count). The number of likely N-dealkylation sites (tertiary alicyclic amines) is 1. The number of nitrogens with one attached hydrogen (secondary N) is 1. The van der Waals surface area contributed by atoms with Gasteiger partial charge in [0.2, 0.25) is 5.91 Å². The summed E-state index contributed by atoms with van der Waals surface area (Å²) in [5.74, 6) is -0.110. The van der Waals surface area contributed by atoms with Crippen LogP contribution < -0.4 is 10.2 Å². The summed E-state index contributed by atoms with van der Waals surface area (Å²) in [4.78, 5) is 22.3. The second-order valence-corrected chi connectivity index (χ2v) is 8.34. The van der Waals surface area contributed by atoms with Crippen LogP contribution in [0.3, 0.4) is 0 Å². The Morgan fingerprint density at radius 1 is 1.07 bits per heavy atom. The number of pyridine rings is 1. The van der Waals surface area contributed by atoms with Crippen molar-refractivity contribution in [2.75, 3.05) is 31.1 Å². The summed E-state index contributed by atoms with van der Waals surface area (Å²) < 4.78 is 0. The minimum Gasteiger partial charge on any atom is -0.370 e. The lowest BCUT2D eigenvalue weighted by atomic mass is 9.93. The number of aromatic nitrogens is 1. The van der Waals surface area contributed by atoms with Gasteiger partial charge in [0.1, 0.15) is 0 Å². The Kier molecular flexibility index (Phi) is 5.48. The Morgan fingerprint density at radius 2 is 1.81 bits per heavy atom. The van der Waals surface area contributed by atoms with Gasteiger partial charge >= 0.3 is 0 Å². The fraction of sp³-hybridized carbons (Fsp3) is 0.636. The van der Waals surface area contributed by atoms with Crippen molar-refractivity contribution in [1.29, 1.82) is 0 Å². The van der Waals surface area contributed by atoms with Crippen molar-refractivity contribution in [3.63, 3.8) is 0 Å². The fourth-order valence-electron chi connectivity index (χ4n) is 4.91. The molecule has 3 aliphatic rings. The van der Waals surface area contributed by atoms with Crippen molar-refractivity contribution in [3.8, 4) is 0 Å². The largest absolute Gasteiger partial charge is 0.370 e. The Balaban J connectivity index is 1.40. The van der Waals surface area contributed by atoms with Crippen LogP contribution in [0, 0.1) is 6.92 Å². The Morgan fingerprint density at radius 3 is 2.48 bits per heavy atom. The van der Waals surface area contributed by atoms with E-state index in [0.717, 1.165) is 49.1 Å². The van der Waals surface area contributed by atoms with Crippen LogP contribution in [0.4, 0.5) is 5.69 Å². The minimum atomic E-state index is -0.145. The van der Waals surface area contributed by atoms with Crippen LogP contribution in [0.15, 0.2) is 24.4 Å². The number of amides is 1. The molecule has 1 unspecified atom stereocenters. The number of carbonyl (C=O) groups excluding carboxylic acids is 1. The zero-order valence-electron chi connectivity index (χ0n) is 16.5. The van der Waals surface area contributed by atoms with Crippen LogP contribution in [0.2, 0.25) is 0 Å². The number of anilines is 1. The van der Waals surface area contributed by atoms with Gasteiger partial charge in [-0.05, 0) is 70.7 Å². The van der Waals surface area contributed by atoms with E-state index in [4.69, 9.17) is 4.98 Å². The van der Waals surface area contributed by atoms with Gasteiger partial charge in [0.25, 0.3) is 0 Å². The van der Waals surface area contributed by atoms with Crippen molar-refractivity contribution in [1.82, 2.24) is 15.2 Å². The molecule has 3 aliphatic heterocycles. The van der Waals surface area contributed by atoms with Crippen LogP contribution >= 0.6 is 0 Å². The maximum absolute atomic E-state index is 12.3. The van der Waals surface area contributed by atoms with Gasteiger partial charge in [-0.25, -0.2) is 0 Å². The summed E-state index contributed by atoms with van der Waals surface area (Å²) in [6.45, 7) is 10.7. The number of piperidine rings is 3. The predicted octanol–water partition coefficient (Wildman–Crippen LogP) is 3.35. The maximum Gasteiger partial charge on any atom is 0.233 e. The molecule has 1 aromatic heterocycles. The highest BCUT2D eigenvalue weighted by atomic mass is 16.2. The van der Waals surface area contributed by atoms with E-state index in [1.54, 1.807) is 0 Å². The highest BCUT2D eigenvalue weighted by Crippen LogP contribution is 2.30. The van der Waals surface area contributed by atoms with Crippen LogP contribution in [-0.4, -0.2) is 48.0 Å². The Hall–Kier alpha value is -1.88. The fourth-order valence-corrected chi connectivity index (χ4v) is 4.91. The summed E-state index contributed by atoms with van der Waals surface area (Å²) in [5.41, 5.74) is 3.99. The van der Waals surface area contributed by atoms with Gasteiger partial charge in [-0.15, -0.1) is 0 Å². The molecule has 0 radical (unpaired) electrons. The molecule has 3 fully saturated rings. The second-order valence-electron chi connectivity index (χ2n) is 8.34. The summed E-state index contributed by atoms with van der Waals surface area (Å²) >= 11 is 0. The number of nitrogens with zero attached hydrogens (tertiary/aromatic N) is 3. The number of hydrogen-bond donors (Lipinski definition) is 1. The highest BCUT2D eigenvalue weighted by Gasteiger charge is 2.29. The number of hydrogen-bond acceptors (Lipinski definition) is 4. The summed E-state index contributed by atoms with van der Waals surface area (Å²) in [5, 5.41) is 2.87. The first-order chi connectivity index (χ1) is 13.1. The first-order valence-electron chi connectivity index (χ1n) is 10.6. The van der Waals surface area contributed by atoms with Gasteiger partial charge in [-0.3, -0.25) is 9.78 Å². The number of carbonyl (C=O) groups is 1. The lowest BCUT2D eigenvalue weighted by Gasteiger charge is -2.41. The molecule has 146 valence electrons. The van der Waals surface area contributed by atoms with Gasteiger partial charge in [0.05, 0.1) is 23.0 Å². The highest BCUT2D eigenvalue weighted by molar-refractivity contribution is 5.85. The van der Waals surface area contributed by atoms with Crippen molar-refractivity contribution >= 4 is 11.6 Å². The average molecular weight is 369 g/mol. The van der Waals surface area contributed by atoms with Crippen molar-refractivity contribution in [3.05, 3.63) is 35.8 Å². The molecule has 1 amide bonds. The van der Waals surface area contributed by atoms with Crippen molar-refractivity contribution in [2.24, 2.45) is 0 Å². The van der Waals surface area contributed by atoms with E-state index in [1.165, 1.54) is 50.9 Å². The smallest absolute Gasteiger partial charge is 0.233 e. The number of rotatable bonds is 3. The second kappa shape index (κ2) is 8.01. The van der Waals surface area contributed by atoms with Gasteiger partial charge in [0.15, 0.2) is 0 Å². The van der Waals surface area contributed by atoms with Gasteiger partial charge in [0, 0.05) is 24.8 Å². The molecule has 0 aliphatic carbocycles. The van der Waals surface area contributed by atoms with Crippen molar-refractivity contribution in [2.45, 2.75) is 63.8 Å². The lowest BCUT2D eigenvalue weighted by molar-refractivity contribution is -0.122.